The molecule has 0 spiro atoms. The summed E-state index contributed by atoms with van der Waals surface area (Å²) < 4.78 is 6.38. The second-order valence-corrected chi connectivity index (χ2v) is 8.62. The van der Waals surface area contributed by atoms with Gasteiger partial charge in [0.15, 0.2) is 0 Å². The van der Waals surface area contributed by atoms with Crippen molar-refractivity contribution >= 4 is 43.4 Å². The second-order valence-electron chi connectivity index (χ2n) is 7.71. The minimum Gasteiger partial charge on any atom is -0.423 e. The molecule has 35 heavy (non-hydrogen) atoms. The number of hydrogen-bond donors (Lipinski definition) is 0. The maximum atomic E-state index is 10.9. The van der Waals surface area contributed by atoms with Gasteiger partial charge in [0.2, 0.25) is 0 Å². The van der Waals surface area contributed by atoms with Crippen LogP contribution < -0.4 is 5.63 Å². The van der Waals surface area contributed by atoms with E-state index in [2.05, 4.69) is 47.4 Å². The van der Waals surface area contributed by atoms with Crippen LogP contribution in [-0.4, -0.2) is 9.97 Å². The Balaban J connectivity index is 0.000000142. The first-order valence-electron chi connectivity index (χ1n) is 11.6. The summed E-state index contributed by atoms with van der Waals surface area (Å²) in [5, 5.41) is 4.62. The van der Waals surface area contributed by atoms with Crippen LogP contribution in [0.25, 0.3) is 32.1 Å². The molecule has 4 nitrogen and oxygen atoms in total. The molecule has 0 N–H and O–H groups in total. The van der Waals surface area contributed by atoms with E-state index in [1.807, 2.05) is 74.6 Å². The van der Waals surface area contributed by atoms with Crippen LogP contribution in [0.5, 0.6) is 0 Å². The van der Waals surface area contributed by atoms with Crippen molar-refractivity contribution < 1.29 is 4.42 Å². The van der Waals surface area contributed by atoms with E-state index in [0.29, 0.717) is 5.58 Å². The van der Waals surface area contributed by atoms with Crippen LogP contribution in [0.15, 0.2) is 99.8 Å². The molecule has 0 saturated carbocycles. The summed E-state index contributed by atoms with van der Waals surface area (Å²) in [6.07, 6.45) is 3.39. The molecule has 0 fully saturated rings. The lowest BCUT2D eigenvalue weighted by atomic mass is 10.1. The Labute approximate surface area is 209 Å². The van der Waals surface area contributed by atoms with Crippen molar-refractivity contribution in [3.05, 3.63) is 118 Å². The van der Waals surface area contributed by atoms with Gasteiger partial charge >= 0.3 is 5.63 Å². The van der Waals surface area contributed by atoms with Crippen LogP contribution in [0, 0.1) is 20.8 Å². The van der Waals surface area contributed by atoms with E-state index in [1.165, 1.54) is 27.3 Å². The zero-order chi connectivity index (χ0) is 25.2. The molecular weight excluding hydrogens is 452 g/mol. The predicted octanol–water partition coefficient (Wildman–Crippen LogP) is 8.28. The van der Waals surface area contributed by atoms with Gasteiger partial charge in [0.25, 0.3) is 0 Å². The highest BCUT2D eigenvalue weighted by Gasteiger charge is 1.99. The van der Waals surface area contributed by atoms with E-state index in [1.54, 1.807) is 18.5 Å². The number of nitrogens with zero attached hydrogens (tertiary/aromatic N) is 2. The zero-order valence-corrected chi connectivity index (χ0v) is 21.6. The first-order valence-corrected chi connectivity index (χ1v) is 12.5. The molecule has 0 aliphatic heterocycles. The fraction of sp³-hybridized carbons (Fsp3) is 0.167. The predicted molar refractivity (Wildman–Crippen MR) is 149 cm³/mol. The number of aromatic nitrogens is 2. The minimum absolute atomic E-state index is 0.286. The van der Waals surface area contributed by atoms with E-state index in [-0.39, 0.29) is 5.63 Å². The third kappa shape index (κ3) is 6.84. The largest absolute Gasteiger partial charge is 0.423 e. The molecule has 0 aliphatic rings. The summed E-state index contributed by atoms with van der Waals surface area (Å²) in [5.74, 6) is 0. The lowest BCUT2D eigenvalue weighted by molar-refractivity contribution is 0.560. The van der Waals surface area contributed by atoms with Gasteiger partial charge in [-0.05, 0) is 66.9 Å². The Morgan fingerprint density at radius 2 is 1.34 bits per heavy atom. The maximum absolute atomic E-state index is 10.9. The van der Waals surface area contributed by atoms with Crippen LogP contribution in [0.2, 0.25) is 0 Å². The minimum atomic E-state index is -0.286. The molecule has 0 unspecified atom stereocenters. The molecule has 6 rings (SSSR count). The van der Waals surface area contributed by atoms with Gasteiger partial charge in [-0.15, -0.1) is 11.3 Å². The quantitative estimate of drug-likeness (QED) is 0.204. The van der Waals surface area contributed by atoms with E-state index < -0.39 is 0 Å². The summed E-state index contributed by atoms with van der Waals surface area (Å²) in [6.45, 7) is 10.2. The molecule has 0 aliphatic carbocycles. The topological polar surface area (TPSA) is 56.0 Å². The molecule has 6 aromatic rings. The monoisotopic (exact) mass is 482 g/mol. The highest BCUT2D eigenvalue weighted by molar-refractivity contribution is 7.17. The lowest BCUT2D eigenvalue weighted by Gasteiger charge is -1.97. The third-order valence-electron chi connectivity index (χ3n) is 5.16. The number of benzene rings is 3. The molecule has 3 heterocycles. The third-order valence-corrected chi connectivity index (χ3v) is 6.24. The van der Waals surface area contributed by atoms with Crippen LogP contribution in [-0.2, 0) is 0 Å². The van der Waals surface area contributed by atoms with E-state index >= 15 is 0 Å². The van der Waals surface area contributed by atoms with Crippen LogP contribution in [0.4, 0.5) is 0 Å². The van der Waals surface area contributed by atoms with Crippen molar-refractivity contribution in [2.75, 3.05) is 0 Å². The Morgan fingerprint density at radius 3 is 2.03 bits per heavy atom. The zero-order valence-electron chi connectivity index (χ0n) is 20.8. The van der Waals surface area contributed by atoms with E-state index in [4.69, 9.17) is 4.42 Å². The van der Waals surface area contributed by atoms with Gasteiger partial charge in [-0.1, -0.05) is 61.9 Å². The number of thiophene rings is 1. The van der Waals surface area contributed by atoms with Gasteiger partial charge in [0, 0.05) is 28.5 Å². The van der Waals surface area contributed by atoms with Gasteiger partial charge in [-0.3, -0.25) is 9.97 Å². The van der Waals surface area contributed by atoms with Crippen LogP contribution in [0.3, 0.4) is 0 Å². The average Bonchev–Trinajstić information content (AvgIpc) is 3.26. The number of para-hydroxylation sites is 3. The van der Waals surface area contributed by atoms with Crippen LogP contribution in [0.1, 0.15) is 30.5 Å². The first-order chi connectivity index (χ1) is 17.0. The van der Waals surface area contributed by atoms with Crippen molar-refractivity contribution in [2.24, 2.45) is 0 Å². The Bertz CT molecular complexity index is 1520. The van der Waals surface area contributed by atoms with E-state index in [9.17, 15) is 4.79 Å². The highest BCUT2D eigenvalue weighted by Crippen LogP contribution is 2.25. The molecule has 5 heteroatoms. The van der Waals surface area contributed by atoms with Gasteiger partial charge in [0.1, 0.15) is 5.58 Å². The normalized spacial score (nSPS) is 9.97. The fourth-order valence-electron chi connectivity index (χ4n) is 3.45. The van der Waals surface area contributed by atoms with Gasteiger partial charge in [-0.25, -0.2) is 4.79 Å². The van der Waals surface area contributed by atoms with Crippen LogP contribution >= 0.6 is 11.3 Å². The molecule has 0 bridgehead atoms. The van der Waals surface area contributed by atoms with Gasteiger partial charge in [0.05, 0.1) is 11.0 Å². The number of aryl methyl sites for hydroxylation is 3. The average molecular weight is 483 g/mol. The SMILES string of the molecule is CC.Cc1cc(=O)oc2ccccc12.Cc1ccc2scc(C)c2c1.c1ccc2nccnc2c1. The van der Waals surface area contributed by atoms with Crippen molar-refractivity contribution in [1.29, 1.82) is 0 Å². The Morgan fingerprint density at radius 1 is 0.714 bits per heavy atom. The second kappa shape index (κ2) is 12.6. The summed E-state index contributed by atoms with van der Waals surface area (Å²) in [7, 11) is 0. The smallest absolute Gasteiger partial charge is 0.336 e. The van der Waals surface area contributed by atoms with Crippen molar-refractivity contribution in [1.82, 2.24) is 9.97 Å². The molecule has 0 amide bonds. The molecular formula is C30H30N2O2S. The summed E-state index contributed by atoms with van der Waals surface area (Å²) in [6, 6.07) is 23.4. The fourth-order valence-corrected chi connectivity index (χ4v) is 4.38. The summed E-state index contributed by atoms with van der Waals surface area (Å²) in [5.41, 5.74) is 5.97. The number of fused-ring (bicyclic) bond motifs is 3. The van der Waals surface area contributed by atoms with Crippen molar-refractivity contribution in [3.63, 3.8) is 0 Å². The van der Waals surface area contributed by atoms with Crippen molar-refractivity contribution in [2.45, 2.75) is 34.6 Å². The molecule has 3 aromatic heterocycles. The molecule has 178 valence electrons. The molecule has 0 radical (unpaired) electrons. The van der Waals surface area contributed by atoms with Gasteiger partial charge in [-0.2, -0.15) is 0 Å². The molecule has 3 aromatic carbocycles. The number of hydrogen-bond acceptors (Lipinski definition) is 5. The lowest BCUT2D eigenvalue weighted by Crippen LogP contribution is -1.97. The Hall–Kier alpha value is -3.83. The highest BCUT2D eigenvalue weighted by atomic mass is 32.1. The van der Waals surface area contributed by atoms with Crippen molar-refractivity contribution in [3.8, 4) is 0 Å². The first kappa shape index (κ1) is 25.8. The number of rotatable bonds is 0. The molecule has 0 atom stereocenters. The van der Waals surface area contributed by atoms with Gasteiger partial charge < -0.3 is 4.42 Å². The van der Waals surface area contributed by atoms with E-state index in [0.717, 1.165) is 22.0 Å². The molecule has 0 saturated heterocycles. The summed E-state index contributed by atoms with van der Waals surface area (Å²) in [4.78, 5) is 19.2. The Kier molecular flexibility index (Phi) is 9.27. The summed E-state index contributed by atoms with van der Waals surface area (Å²) >= 11 is 1.82. The standard InChI is InChI=1S/C10H8O2.C10H10S.C8H6N2.C2H6/c1-7-6-10(11)12-9-5-3-2-4-8(7)9;1-7-3-4-10-9(5-7)8(2)6-11-10;1-2-4-8-7(3-1)9-5-6-10-8;1-2/h2-6H,1H3;3-6H,1-2H3;1-6H;1-2H3. The maximum Gasteiger partial charge on any atom is 0.336 e.